The summed E-state index contributed by atoms with van der Waals surface area (Å²) in [6.07, 6.45) is 2.38. The Balaban J connectivity index is 2.09. The summed E-state index contributed by atoms with van der Waals surface area (Å²) in [6.45, 7) is 0. The van der Waals surface area contributed by atoms with Crippen LogP contribution in [0.25, 0.3) is 0 Å². The lowest BCUT2D eigenvalue weighted by Gasteiger charge is -1.96. The number of hydrogen-bond acceptors (Lipinski definition) is 7. The topological polar surface area (TPSA) is 126 Å². The van der Waals surface area contributed by atoms with Crippen LogP contribution in [0.3, 0.4) is 0 Å². The molecule has 19 heavy (non-hydrogen) atoms. The molecule has 0 saturated carbocycles. The quantitative estimate of drug-likeness (QED) is 0.468. The van der Waals surface area contributed by atoms with E-state index in [4.69, 9.17) is 0 Å². The number of nitrogens with zero attached hydrogens (tertiary/aromatic N) is 4. The van der Waals surface area contributed by atoms with Crippen molar-refractivity contribution < 1.29 is 4.92 Å². The second-order valence-corrected chi connectivity index (χ2v) is 3.40. The summed E-state index contributed by atoms with van der Waals surface area (Å²) in [5, 5.41) is 21.4. The molecular formula is C10H8N6O3. The molecule has 0 aliphatic heterocycles. The van der Waals surface area contributed by atoms with Crippen molar-refractivity contribution in [1.82, 2.24) is 15.2 Å². The molecule has 0 fully saturated rings. The van der Waals surface area contributed by atoms with Crippen molar-refractivity contribution in [3.63, 3.8) is 0 Å². The number of aromatic amines is 1. The molecule has 1 aromatic carbocycles. The van der Waals surface area contributed by atoms with Gasteiger partial charge in [-0.05, 0) is 0 Å². The summed E-state index contributed by atoms with van der Waals surface area (Å²) < 4.78 is 0. The van der Waals surface area contributed by atoms with E-state index in [2.05, 4.69) is 25.7 Å². The van der Waals surface area contributed by atoms with Crippen LogP contribution in [0.4, 0.5) is 11.6 Å². The molecule has 0 aliphatic rings. The van der Waals surface area contributed by atoms with Gasteiger partial charge in [0.1, 0.15) is 6.20 Å². The van der Waals surface area contributed by atoms with Crippen LogP contribution in [0, 0.1) is 10.1 Å². The smallest absolute Gasteiger partial charge is 0.271 e. The van der Waals surface area contributed by atoms with Gasteiger partial charge in [-0.2, -0.15) is 5.10 Å². The monoisotopic (exact) mass is 260 g/mol. The van der Waals surface area contributed by atoms with Crippen molar-refractivity contribution in [3.05, 3.63) is 56.5 Å². The predicted molar refractivity (Wildman–Crippen MR) is 67.0 cm³/mol. The second-order valence-electron chi connectivity index (χ2n) is 3.40. The third kappa shape index (κ3) is 3.43. The molecule has 0 radical (unpaired) electrons. The van der Waals surface area contributed by atoms with Crippen LogP contribution < -0.4 is 11.0 Å². The van der Waals surface area contributed by atoms with Gasteiger partial charge in [-0.3, -0.25) is 19.9 Å². The number of H-pyrrole nitrogens is 1. The Morgan fingerprint density at radius 3 is 3.05 bits per heavy atom. The van der Waals surface area contributed by atoms with Gasteiger partial charge in [-0.1, -0.05) is 12.1 Å². The summed E-state index contributed by atoms with van der Waals surface area (Å²) in [4.78, 5) is 23.4. The van der Waals surface area contributed by atoms with Gasteiger partial charge in [0.15, 0.2) is 0 Å². The Labute approximate surface area is 106 Å². The zero-order chi connectivity index (χ0) is 13.7. The number of hydrogen-bond donors (Lipinski definition) is 2. The van der Waals surface area contributed by atoms with Gasteiger partial charge in [0.25, 0.3) is 11.2 Å². The van der Waals surface area contributed by atoms with Crippen molar-refractivity contribution in [2.45, 2.75) is 0 Å². The molecule has 0 bridgehead atoms. The molecule has 0 unspecified atom stereocenters. The van der Waals surface area contributed by atoms with Gasteiger partial charge in [-0.15, -0.1) is 10.2 Å². The summed E-state index contributed by atoms with van der Waals surface area (Å²) >= 11 is 0. The van der Waals surface area contributed by atoms with Crippen LogP contribution in [0.1, 0.15) is 5.56 Å². The molecule has 1 aromatic heterocycles. The molecule has 0 saturated heterocycles. The molecule has 9 heteroatoms. The Kier molecular flexibility index (Phi) is 3.57. The summed E-state index contributed by atoms with van der Waals surface area (Å²) in [6, 6.07) is 5.94. The fourth-order valence-corrected chi connectivity index (χ4v) is 1.25. The van der Waals surface area contributed by atoms with E-state index in [1.165, 1.54) is 18.3 Å². The van der Waals surface area contributed by atoms with Crippen molar-refractivity contribution in [2.24, 2.45) is 5.10 Å². The normalized spacial score (nSPS) is 10.5. The van der Waals surface area contributed by atoms with Crippen LogP contribution in [0.2, 0.25) is 0 Å². The lowest BCUT2D eigenvalue weighted by atomic mass is 10.2. The van der Waals surface area contributed by atoms with Crippen LogP contribution in [-0.4, -0.2) is 26.3 Å². The number of non-ortho nitro benzene ring substituents is 1. The molecule has 0 spiro atoms. The molecule has 2 rings (SSSR count). The fourth-order valence-electron chi connectivity index (χ4n) is 1.25. The first-order valence-electron chi connectivity index (χ1n) is 5.11. The van der Waals surface area contributed by atoms with Crippen molar-refractivity contribution in [2.75, 3.05) is 5.43 Å². The van der Waals surface area contributed by atoms with E-state index in [9.17, 15) is 14.9 Å². The zero-order valence-electron chi connectivity index (χ0n) is 9.48. The molecular weight excluding hydrogens is 252 g/mol. The Morgan fingerprint density at radius 2 is 2.32 bits per heavy atom. The molecule has 9 nitrogen and oxygen atoms in total. The van der Waals surface area contributed by atoms with Gasteiger partial charge < -0.3 is 0 Å². The maximum Gasteiger partial charge on any atom is 0.271 e. The van der Waals surface area contributed by atoms with Crippen molar-refractivity contribution >= 4 is 17.9 Å². The third-order valence-electron chi connectivity index (χ3n) is 2.04. The minimum Gasteiger partial charge on any atom is -0.289 e. The molecule has 2 aromatic rings. The van der Waals surface area contributed by atoms with Crippen molar-refractivity contribution in [1.29, 1.82) is 0 Å². The van der Waals surface area contributed by atoms with E-state index in [0.717, 1.165) is 6.20 Å². The molecule has 96 valence electrons. The standard InChI is InChI=1S/C10H8N6O3/c17-9-6-12-15-10(13-9)14-11-5-7-2-1-3-8(4-7)16(18)19/h1-6H,(H2,13,14,15,17)/b11-5+. The minimum atomic E-state index is -0.495. The van der Waals surface area contributed by atoms with E-state index < -0.39 is 10.5 Å². The summed E-state index contributed by atoms with van der Waals surface area (Å²) in [5.41, 5.74) is 2.54. The fraction of sp³-hybridized carbons (Fsp3) is 0. The highest BCUT2D eigenvalue weighted by Crippen LogP contribution is 2.11. The maximum atomic E-state index is 10.9. The second kappa shape index (κ2) is 5.49. The first-order chi connectivity index (χ1) is 9.15. The molecule has 0 amide bonds. The number of anilines is 1. The Hall–Kier alpha value is -3.10. The number of nitro groups is 1. The average Bonchev–Trinajstić information content (AvgIpc) is 2.39. The van der Waals surface area contributed by atoms with E-state index in [-0.39, 0.29) is 11.6 Å². The first-order valence-corrected chi connectivity index (χ1v) is 5.11. The van der Waals surface area contributed by atoms with Crippen LogP contribution >= 0.6 is 0 Å². The zero-order valence-corrected chi connectivity index (χ0v) is 9.48. The highest BCUT2D eigenvalue weighted by Gasteiger charge is 2.03. The van der Waals surface area contributed by atoms with Crippen LogP contribution in [-0.2, 0) is 0 Å². The molecule has 0 atom stereocenters. The van der Waals surface area contributed by atoms with Crippen LogP contribution in [0.5, 0.6) is 0 Å². The van der Waals surface area contributed by atoms with Crippen molar-refractivity contribution in [3.8, 4) is 0 Å². The minimum absolute atomic E-state index is 0.0307. The van der Waals surface area contributed by atoms with Crippen LogP contribution in [0.15, 0.2) is 40.4 Å². The van der Waals surface area contributed by atoms with Gasteiger partial charge in [-0.25, -0.2) is 5.43 Å². The number of nitro benzene ring substituents is 1. The Morgan fingerprint density at radius 1 is 1.47 bits per heavy atom. The van der Waals surface area contributed by atoms with E-state index in [1.54, 1.807) is 12.1 Å². The number of hydrazone groups is 1. The highest BCUT2D eigenvalue weighted by molar-refractivity contribution is 5.81. The van der Waals surface area contributed by atoms with E-state index in [0.29, 0.717) is 5.56 Å². The first kappa shape index (κ1) is 12.4. The highest BCUT2D eigenvalue weighted by atomic mass is 16.6. The number of aromatic nitrogens is 3. The molecule has 1 heterocycles. The number of rotatable bonds is 4. The molecule has 0 aliphatic carbocycles. The summed E-state index contributed by atoms with van der Waals surface area (Å²) in [7, 11) is 0. The number of nitrogens with one attached hydrogen (secondary N) is 2. The lowest BCUT2D eigenvalue weighted by Crippen LogP contribution is -2.10. The SMILES string of the molecule is O=c1cnnc(N/N=C/c2cccc([N+](=O)[O-])c2)[nH]1. The van der Waals surface area contributed by atoms with Gasteiger partial charge in [0.05, 0.1) is 11.1 Å². The van der Waals surface area contributed by atoms with Gasteiger partial charge in [0.2, 0.25) is 5.95 Å². The van der Waals surface area contributed by atoms with E-state index >= 15 is 0 Å². The largest absolute Gasteiger partial charge is 0.289 e. The summed E-state index contributed by atoms with van der Waals surface area (Å²) in [5.74, 6) is 0.0779. The number of benzene rings is 1. The Bertz CT molecular complexity index is 681. The maximum absolute atomic E-state index is 10.9. The van der Waals surface area contributed by atoms with E-state index in [1.807, 2.05) is 0 Å². The van der Waals surface area contributed by atoms with Gasteiger partial charge in [0, 0.05) is 17.7 Å². The molecule has 2 N–H and O–H groups in total. The third-order valence-corrected chi connectivity index (χ3v) is 2.04. The lowest BCUT2D eigenvalue weighted by molar-refractivity contribution is -0.384. The predicted octanol–water partition coefficient (Wildman–Crippen LogP) is 0.519. The average molecular weight is 260 g/mol. The van der Waals surface area contributed by atoms with Gasteiger partial charge >= 0.3 is 0 Å².